The van der Waals surface area contributed by atoms with E-state index < -0.39 is 0 Å². The van der Waals surface area contributed by atoms with Gasteiger partial charge in [-0.15, -0.1) is 0 Å². The fraction of sp³-hybridized carbons (Fsp3) is 0. The largest absolute Gasteiger partial charge is 0.243 e. The predicted molar refractivity (Wildman–Crippen MR) is 80.2 cm³/mol. The second kappa shape index (κ2) is 4.90. The molecule has 0 saturated heterocycles. The molecule has 2 heterocycles. The van der Waals surface area contributed by atoms with Gasteiger partial charge in [-0.05, 0) is 46.9 Å². The lowest BCUT2D eigenvalue weighted by molar-refractivity contribution is 1.17. The molecule has 1 aromatic carbocycles. The fourth-order valence-corrected chi connectivity index (χ4v) is 2.37. The third-order valence-electron chi connectivity index (χ3n) is 2.71. The van der Waals surface area contributed by atoms with Gasteiger partial charge in [0.2, 0.25) is 0 Å². The van der Waals surface area contributed by atoms with E-state index in [2.05, 4.69) is 37.5 Å². The Morgan fingerprint density at radius 1 is 1.11 bits per heavy atom. The molecule has 19 heavy (non-hydrogen) atoms. The first-order chi connectivity index (χ1) is 9.28. The minimum Gasteiger partial charge on any atom is -0.243 e. The van der Waals surface area contributed by atoms with Crippen LogP contribution in [0.15, 0.2) is 42.7 Å². The van der Waals surface area contributed by atoms with Gasteiger partial charge >= 0.3 is 0 Å². The normalized spacial score (nSPS) is 10.3. The molecule has 0 amide bonds. The summed E-state index contributed by atoms with van der Waals surface area (Å²) in [4.78, 5) is 12.6. The average Bonchev–Trinajstić information content (AvgIpc) is 2.46. The molecule has 0 unspecified atom stereocenters. The summed E-state index contributed by atoms with van der Waals surface area (Å²) in [7, 11) is 0. The first-order valence-corrected chi connectivity index (χ1v) is 6.63. The van der Waals surface area contributed by atoms with E-state index in [4.69, 9.17) is 5.26 Å². The van der Waals surface area contributed by atoms with Gasteiger partial charge in [0.05, 0.1) is 11.2 Å². The van der Waals surface area contributed by atoms with Crippen LogP contribution in [0.5, 0.6) is 0 Å². The van der Waals surface area contributed by atoms with Gasteiger partial charge in [0.25, 0.3) is 0 Å². The van der Waals surface area contributed by atoms with Crippen LogP contribution in [-0.2, 0) is 0 Å². The van der Waals surface area contributed by atoms with E-state index in [0.717, 1.165) is 14.8 Å². The Labute approximate surface area is 123 Å². The highest BCUT2D eigenvalue weighted by Gasteiger charge is 2.07. The molecule has 0 aliphatic rings. The first-order valence-electron chi connectivity index (χ1n) is 5.56. The van der Waals surface area contributed by atoms with E-state index in [9.17, 15) is 0 Å². The predicted octanol–water partition coefficient (Wildman–Crippen LogP) is 3.17. The van der Waals surface area contributed by atoms with Crippen molar-refractivity contribution in [3.63, 3.8) is 0 Å². The van der Waals surface area contributed by atoms with Crippen molar-refractivity contribution in [1.29, 1.82) is 5.26 Å². The van der Waals surface area contributed by atoms with Gasteiger partial charge in [-0.1, -0.05) is 12.1 Å². The third kappa shape index (κ3) is 2.27. The van der Waals surface area contributed by atoms with Crippen LogP contribution in [-0.4, -0.2) is 15.0 Å². The van der Waals surface area contributed by atoms with Gasteiger partial charge in [0.15, 0.2) is 5.69 Å². The summed E-state index contributed by atoms with van der Waals surface area (Å²) in [5.74, 6) is 0. The first kappa shape index (κ1) is 12.0. The smallest absolute Gasteiger partial charge is 0.170 e. The molecule has 0 saturated carbocycles. The Hall–Kier alpha value is -2.07. The van der Waals surface area contributed by atoms with Crippen molar-refractivity contribution in [1.82, 2.24) is 15.0 Å². The molecule has 0 N–H and O–H groups in total. The maximum Gasteiger partial charge on any atom is 0.170 e. The van der Waals surface area contributed by atoms with Crippen LogP contribution in [0.4, 0.5) is 0 Å². The zero-order chi connectivity index (χ0) is 13.2. The molecule has 0 aliphatic heterocycles. The number of benzene rings is 1. The molecule has 0 spiro atoms. The van der Waals surface area contributed by atoms with Crippen LogP contribution in [0.2, 0.25) is 0 Å². The SMILES string of the molecule is N#Cc1ncnc2ccc(-c3cccc(I)c3)nc12. The summed E-state index contributed by atoms with van der Waals surface area (Å²) < 4.78 is 1.14. The van der Waals surface area contributed by atoms with Crippen LogP contribution in [0.3, 0.4) is 0 Å². The summed E-state index contributed by atoms with van der Waals surface area (Å²) in [6.45, 7) is 0. The van der Waals surface area contributed by atoms with Crippen molar-refractivity contribution in [3.8, 4) is 17.3 Å². The molecule has 0 atom stereocenters. The van der Waals surface area contributed by atoms with Crippen molar-refractivity contribution in [2.45, 2.75) is 0 Å². The molecular formula is C14H7IN4. The quantitative estimate of drug-likeness (QED) is 0.627. The molecule has 4 nitrogen and oxygen atoms in total. The van der Waals surface area contributed by atoms with Crippen LogP contribution >= 0.6 is 22.6 Å². The van der Waals surface area contributed by atoms with Gasteiger partial charge in [0, 0.05) is 9.13 Å². The van der Waals surface area contributed by atoms with Crippen molar-refractivity contribution in [3.05, 3.63) is 52.0 Å². The van der Waals surface area contributed by atoms with Gasteiger partial charge in [-0.25, -0.2) is 15.0 Å². The van der Waals surface area contributed by atoms with E-state index in [1.54, 1.807) is 0 Å². The maximum absolute atomic E-state index is 9.06. The van der Waals surface area contributed by atoms with Gasteiger partial charge in [-0.3, -0.25) is 0 Å². The van der Waals surface area contributed by atoms with Gasteiger partial charge in [0.1, 0.15) is 17.9 Å². The molecule has 0 aliphatic carbocycles. The molecule has 2 aromatic heterocycles. The topological polar surface area (TPSA) is 62.5 Å². The Morgan fingerprint density at radius 3 is 2.79 bits per heavy atom. The van der Waals surface area contributed by atoms with Crippen LogP contribution in [0.1, 0.15) is 5.69 Å². The van der Waals surface area contributed by atoms with E-state index in [1.807, 2.05) is 42.5 Å². The molecule has 0 fully saturated rings. The third-order valence-corrected chi connectivity index (χ3v) is 3.38. The molecular weight excluding hydrogens is 351 g/mol. The van der Waals surface area contributed by atoms with E-state index >= 15 is 0 Å². The highest BCUT2D eigenvalue weighted by Crippen LogP contribution is 2.22. The van der Waals surface area contributed by atoms with Crippen LogP contribution in [0, 0.1) is 14.9 Å². The maximum atomic E-state index is 9.06. The van der Waals surface area contributed by atoms with Gasteiger partial charge in [-0.2, -0.15) is 5.26 Å². The minimum absolute atomic E-state index is 0.303. The van der Waals surface area contributed by atoms with Crippen molar-refractivity contribution >= 4 is 33.6 Å². The summed E-state index contributed by atoms with van der Waals surface area (Å²) >= 11 is 2.26. The van der Waals surface area contributed by atoms with Crippen molar-refractivity contribution in [2.75, 3.05) is 0 Å². The number of aromatic nitrogens is 3. The summed E-state index contributed by atoms with van der Waals surface area (Å²) in [5, 5.41) is 9.06. The minimum atomic E-state index is 0.303. The number of hydrogen-bond donors (Lipinski definition) is 0. The van der Waals surface area contributed by atoms with Crippen molar-refractivity contribution < 1.29 is 0 Å². The van der Waals surface area contributed by atoms with E-state index in [1.165, 1.54) is 6.33 Å². The number of pyridine rings is 1. The second-order valence-corrected chi connectivity index (χ2v) is 5.15. The zero-order valence-corrected chi connectivity index (χ0v) is 11.9. The second-order valence-electron chi connectivity index (χ2n) is 3.91. The summed E-state index contributed by atoms with van der Waals surface area (Å²) in [6, 6.07) is 13.9. The highest BCUT2D eigenvalue weighted by atomic mass is 127. The Morgan fingerprint density at radius 2 is 2.00 bits per heavy atom. The lowest BCUT2D eigenvalue weighted by atomic mass is 10.1. The number of fused-ring (bicyclic) bond motifs is 1. The van der Waals surface area contributed by atoms with Crippen LogP contribution in [0.25, 0.3) is 22.3 Å². The molecule has 90 valence electrons. The number of rotatable bonds is 1. The lowest BCUT2D eigenvalue weighted by Crippen LogP contribution is -1.93. The number of nitrogens with zero attached hydrogens (tertiary/aromatic N) is 4. The Kier molecular flexibility index (Phi) is 3.09. The molecule has 0 radical (unpaired) electrons. The van der Waals surface area contributed by atoms with E-state index in [-0.39, 0.29) is 0 Å². The fourth-order valence-electron chi connectivity index (χ4n) is 1.83. The monoisotopic (exact) mass is 358 g/mol. The lowest BCUT2D eigenvalue weighted by Gasteiger charge is -2.04. The van der Waals surface area contributed by atoms with Gasteiger partial charge < -0.3 is 0 Å². The Balaban J connectivity index is 2.24. The number of halogens is 1. The number of hydrogen-bond acceptors (Lipinski definition) is 4. The molecule has 0 bridgehead atoms. The summed E-state index contributed by atoms with van der Waals surface area (Å²) in [6.07, 6.45) is 1.38. The van der Waals surface area contributed by atoms with Crippen molar-refractivity contribution in [2.24, 2.45) is 0 Å². The zero-order valence-electron chi connectivity index (χ0n) is 9.71. The summed E-state index contributed by atoms with van der Waals surface area (Å²) in [5.41, 5.74) is 3.36. The Bertz CT molecular complexity index is 808. The molecule has 3 aromatic rings. The average molecular weight is 358 g/mol. The molecule has 5 heteroatoms. The molecule has 3 rings (SSSR count). The van der Waals surface area contributed by atoms with Crippen LogP contribution < -0.4 is 0 Å². The van der Waals surface area contributed by atoms with E-state index in [0.29, 0.717) is 16.7 Å². The standard InChI is InChI=1S/C14H7IN4/c15-10-3-1-2-9(6-10)11-4-5-12-14(19-11)13(7-16)18-8-17-12/h1-6,8H. The number of nitriles is 1. The highest BCUT2D eigenvalue weighted by molar-refractivity contribution is 14.1.